The molecule has 1 unspecified atom stereocenters. The second-order valence-corrected chi connectivity index (χ2v) is 7.02. The lowest BCUT2D eigenvalue weighted by molar-refractivity contribution is -0.119. The number of hydrogen-bond donors (Lipinski definition) is 2. The van der Waals surface area contributed by atoms with E-state index in [4.69, 9.17) is 22.1 Å². The quantitative estimate of drug-likeness (QED) is 0.609. The van der Waals surface area contributed by atoms with Gasteiger partial charge in [0.2, 0.25) is 5.91 Å². The van der Waals surface area contributed by atoms with Gasteiger partial charge in [-0.1, -0.05) is 17.7 Å². The van der Waals surface area contributed by atoms with Crippen molar-refractivity contribution in [1.29, 1.82) is 0 Å². The number of nitrogens with one attached hydrogen (secondary N) is 1. The van der Waals surface area contributed by atoms with Crippen molar-refractivity contribution in [2.24, 2.45) is 5.73 Å². The number of rotatable bonds is 7. The first-order valence-corrected chi connectivity index (χ1v) is 9.21. The number of nitrogens with zero attached hydrogens (tertiary/aromatic N) is 3. The van der Waals surface area contributed by atoms with Crippen molar-refractivity contribution in [2.75, 3.05) is 26.0 Å². The SMILES string of the molecule is COc1cc2ncnc(Nc3cccc(Cl)c3F)c2cc1C(C)N(C)CC(N)=O. The Hall–Kier alpha value is -2.97. The van der Waals surface area contributed by atoms with Gasteiger partial charge in [0.15, 0.2) is 5.82 Å². The lowest BCUT2D eigenvalue weighted by Gasteiger charge is -2.25. The summed E-state index contributed by atoms with van der Waals surface area (Å²) < 4.78 is 19.9. The highest BCUT2D eigenvalue weighted by molar-refractivity contribution is 6.31. The molecule has 0 saturated carbocycles. The molecule has 7 nitrogen and oxygen atoms in total. The van der Waals surface area contributed by atoms with Gasteiger partial charge in [0, 0.05) is 23.1 Å². The fraction of sp³-hybridized carbons (Fsp3) is 0.250. The fourth-order valence-corrected chi connectivity index (χ4v) is 3.23. The molecule has 3 aromatic rings. The third kappa shape index (κ3) is 4.38. The van der Waals surface area contributed by atoms with Gasteiger partial charge in [-0.3, -0.25) is 9.69 Å². The second kappa shape index (κ2) is 8.59. The Morgan fingerprint density at radius 3 is 2.83 bits per heavy atom. The molecule has 0 fully saturated rings. The Kier molecular flexibility index (Phi) is 6.14. The van der Waals surface area contributed by atoms with E-state index in [1.807, 2.05) is 13.0 Å². The van der Waals surface area contributed by atoms with Gasteiger partial charge in [0.05, 0.1) is 29.9 Å². The zero-order chi connectivity index (χ0) is 21.1. The number of carbonyl (C=O) groups excluding carboxylic acids is 1. The average molecular weight is 418 g/mol. The molecule has 29 heavy (non-hydrogen) atoms. The van der Waals surface area contributed by atoms with Crippen LogP contribution in [0.2, 0.25) is 5.02 Å². The standard InChI is InChI=1S/C20H21ClFN5O2/c1-11(27(2)9-18(23)28)12-7-13-16(8-17(12)29-3)24-10-25-20(13)26-15-6-4-5-14(21)19(15)22/h4-8,10-11H,9H2,1-3H3,(H2,23,28)(H,24,25,26). The topological polar surface area (TPSA) is 93.4 Å². The summed E-state index contributed by atoms with van der Waals surface area (Å²) in [6, 6.07) is 8.15. The molecular formula is C20H21ClFN5O2. The van der Waals surface area contributed by atoms with E-state index in [9.17, 15) is 9.18 Å². The summed E-state index contributed by atoms with van der Waals surface area (Å²) in [6.45, 7) is 2.02. The van der Waals surface area contributed by atoms with Crippen molar-refractivity contribution >= 4 is 39.9 Å². The maximum atomic E-state index is 14.3. The van der Waals surface area contributed by atoms with Crippen LogP contribution in [0.1, 0.15) is 18.5 Å². The van der Waals surface area contributed by atoms with Crippen LogP contribution in [0.5, 0.6) is 5.75 Å². The molecule has 0 radical (unpaired) electrons. The number of benzene rings is 2. The minimum Gasteiger partial charge on any atom is -0.496 e. The van der Waals surface area contributed by atoms with Gasteiger partial charge in [-0.25, -0.2) is 14.4 Å². The molecule has 152 valence electrons. The smallest absolute Gasteiger partial charge is 0.231 e. The first-order valence-electron chi connectivity index (χ1n) is 8.84. The van der Waals surface area contributed by atoms with Crippen molar-refractivity contribution < 1.29 is 13.9 Å². The van der Waals surface area contributed by atoms with E-state index in [2.05, 4.69) is 15.3 Å². The molecule has 3 rings (SSSR count). The summed E-state index contributed by atoms with van der Waals surface area (Å²) in [5, 5.41) is 3.66. The number of fused-ring (bicyclic) bond motifs is 1. The number of likely N-dealkylation sites (N-methyl/N-ethyl adjacent to an activating group) is 1. The van der Waals surface area contributed by atoms with Gasteiger partial charge in [0.1, 0.15) is 17.9 Å². The van der Waals surface area contributed by atoms with Crippen molar-refractivity contribution in [1.82, 2.24) is 14.9 Å². The van der Waals surface area contributed by atoms with E-state index < -0.39 is 11.7 Å². The minimum absolute atomic E-state index is 0.0115. The summed E-state index contributed by atoms with van der Waals surface area (Å²) in [6.07, 6.45) is 1.38. The van der Waals surface area contributed by atoms with Crippen LogP contribution >= 0.6 is 11.6 Å². The summed E-state index contributed by atoms with van der Waals surface area (Å²) in [7, 11) is 3.36. The Balaban J connectivity index is 2.09. The fourth-order valence-electron chi connectivity index (χ4n) is 3.05. The van der Waals surface area contributed by atoms with E-state index in [0.29, 0.717) is 22.5 Å². The molecule has 3 N–H and O–H groups in total. The van der Waals surface area contributed by atoms with Gasteiger partial charge in [-0.15, -0.1) is 0 Å². The van der Waals surface area contributed by atoms with Gasteiger partial charge >= 0.3 is 0 Å². The van der Waals surface area contributed by atoms with Crippen molar-refractivity contribution in [3.63, 3.8) is 0 Å². The maximum Gasteiger partial charge on any atom is 0.231 e. The zero-order valence-electron chi connectivity index (χ0n) is 16.2. The van der Waals surface area contributed by atoms with Crippen molar-refractivity contribution in [3.05, 3.63) is 53.1 Å². The van der Waals surface area contributed by atoms with Crippen LogP contribution in [0.25, 0.3) is 10.9 Å². The number of carbonyl (C=O) groups is 1. The summed E-state index contributed by atoms with van der Waals surface area (Å²) in [5.74, 6) is 0.0372. The largest absolute Gasteiger partial charge is 0.496 e. The summed E-state index contributed by atoms with van der Waals surface area (Å²) in [5.41, 5.74) is 6.95. The Labute approximate surface area is 172 Å². The molecule has 0 aliphatic heterocycles. The molecular weight excluding hydrogens is 397 g/mol. The zero-order valence-corrected chi connectivity index (χ0v) is 17.0. The molecule has 0 bridgehead atoms. The predicted octanol–water partition coefficient (Wildman–Crippen LogP) is 3.65. The second-order valence-electron chi connectivity index (χ2n) is 6.62. The lowest BCUT2D eigenvalue weighted by Crippen LogP contribution is -2.32. The lowest BCUT2D eigenvalue weighted by atomic mass is 10.0. The molecule has 2 aromatic carbocycles. The minimum atomic E-state index is -0.566. The summed E-state index contributed by atoms with van der Waals surface area (Å²) >= 11 is 5.87. The van der Waals surface area contributed by atoms with Crippen LogP contribution in [-0.2, 0) is 4.79 Å². The Morgan fingerprint density at radius 1 is 1.38 bits per heavy atom. The van der Waals surface area contributed by atoms with Crippen LogP contribution in [0, 0.1) is 5.82 Å². The highest BCUT2D eigenvalue weighted by Gasteiger charge is 2.20. The first kappa shape index (κ1) is 20.8. The van der Waals surface area contributed by atoms with Crippen molar-refractivity contribution in [3.8, 4) is 5.75 Å². The van der Waals surface area contributed by atoms with Crippen molar-refractivity contribution in [2.45, 2.75) is 13.0 Å². The molecule has 0 aliphatic rings. The normalized spacial score (nSPS) is 12.2. The predicted molar refractivity (Wildman–Crippen MR) is 111 cm³/mol. The summed E-state index contributed by atoms with van der Waals surface area (Å²) in [4.78, 5) is 21.7. The van der Waals surface area contributed by atoms with E-state index in [1.165, 1.54) is 12.4 Å². The van der Waals surface area contributed by atoms with Crippen LogP contribution in [0.15, 0.2) is 36.7 Å². The van der Waals surface area contributed by atoms with Gasteiger partial charge in [-0.2, -0.15) is 0 Å². The van der Waals surface area contributed by atoms with E-state index in [0.717, 1.165) is 5.56 Å². The van der Waals surface area contributed by atoms with E-state index >= 15 is 0 Å². The van der Waals surface area contributed by atoms with E-state index in [1.54, 1.807) is 37.3 Å². The van der Waals surface area contributed by atoms with Crippen LogP contribution in [-0.4, -0.2) is 41.5 Å². The number of amides is 1. The molecule has 0 aliphatic carbocycles. The molecule has 1 heterocycles. The van der Waals surface area contributed by atoms with Gasteiger partial charge < -0.3 is 15.8 Å². The molecule has 1 aromatic heterocycles. The Bertz CT molecular complexity index is 1060. The van der Waals surface area contributed by atoms with Gasteiger partial charge in [-0.05, 0) is 32.2 Å². The molecule has 1 amide bonds. The third-order valence-electron chi connectivity index (χ3n) is 4.71. The number of primary amides is 1. The number of hydrogen-bond acceptors (Lipinski definition) is 6. The van der Waals surface area contributed by atoms with Gasteiger partial charge in [0.25, 0.3) is 0 Å². The van der Waals surface area contributed by atoms with Crippen LogP contribution < -0.4 is 15.8 Å². The highest BCUT2D eigenvalue weighted by Crippen LogP contribution is 2.35. The molecule has 0 saturated heterocycles. The number of halogens is 2. The number of anilines is 2. The number of methoxy groups -OCH3 is 1. The molecule has 1 atom stereocenters. The van der Waals surface area contributed by atoms with Crippen LogP contribution in [0.3, 0.4) is 0 Å². The third-order valence-corrected chi connectivity index (χ3v) is 5.00. The molecule has 0 spiro atoms. The number of nitrogens with two attached hydrogens (primary N) is 1. The highest BCUT2D eigenvalue weighted by atomic mass is 35.5. The maximum absolute atomic E-state index is 14.3. The number of aromatic nitrogens is 2. The Morgan fingerprint density at radius 2 is 2.14 bits per heavy atom. The first-order chi connectivity index (χ1) is 13.8. The molecule has 9 heteroatoms. The van der Waals surface area contributed by atoms with E-state index in [-0.39, 0.29) is 23.3 Å². The monoisotopic (exact) mass is 417 g/mol. The van der Waals surface area contributed by atoms with Crippen LogP contribution in [0.4, 0.5) is 15.9 Å². The average Bonchev–Trinajstić information content (AvgIpc) is 2.69. The number of ether oxygens (including phenoxy) is 1.